The molecule has 0 aliphatic rings. The van der Waals surface area contributed by atoms with Crippen LogP contribution in [0.15, 0.2) is 25.3 Å². The van der Waals surface area contributed by atoms with Crippen LogP contribution in [0.25, 0.3) is 0 Å². The van der Waals surface area contributed by atoms with Crippen LogP contribution in [0, 0.1) is 0 Å². The van der Waals surface area contributed by atoms with Gasteiger partial charge in [0.15, 0.2) is 0 Å². The summed E-state index contributed by atoms with van der Waals surface area (Å²) in [6.07, 6.45) is 19.8. The van der Waals surface area contributed by atoms with Crippen molar-refractivity contribution in [2.24, 2.45) is 0 Å². The van der Waals surface area contributed by atoms with Crippen LogP contribution in [0.1, 0.15) is 105 Å². The van der Waals surface area contributed by atoms with E-state index in [1.54, 1.807) is 12.2 Å². The number of rotatable bonds is 15. The molecule has 0 heterocycles. The van der Waals surface area contributed by atoms with E-state index in [4.69, 9.17) is 14.9 Å². The highest BCUT2D eigenvalue weighted by molar-refractivity contribution is 4.52. The van der Waals surface area contributed by atoms with Crippen molar-refractivity contribution >= 4 is 0 Å². The molecule has 0 aliphatic heterocycles. The lowest BCUT2D eigenvalue weighted by Gasteiger charge is -2.04. The van der Waals surface area contributed by atoms with Crippen LogP contribution >= 0.6 is 0 Å². The van der Waals surface area contributed by atoms with Crippen LogP contribution < -0.4 is 0 Å². The number of unbranched alkanes of at least 4 members (excludes halogenated alkanes) is 10. The van der Waals surface area contributed by atoms with Crippen molar-refractivity contribution in [3.63, 3.8) is 0 Å². The molecule has 0 rings (SSSR count). The van der Waals surface area contributed by atoms with Crippen molar-refractivity contribution < 1.29 is 14.9 Å². The van der Waals surface area contributed by atoms with Crippen molar-refractivity contribution in [3.8, 4) is 0 Å². The van der Waals surface area contributed by atoms with E-state index in [0.29, 0.717) is 0 Å². The Morgan fingerprint density at radius 2 is 0.852 bits per heavy atom. The summed E-state index contributed by atoms with van der Waals surface area (Å²) in [7, 11) is 0. The maximum atomic E-state index is 7.62. The average Bonchev–Trinajstić information content (AvgIpc) is 2.67. The van der Waals surface area contributed by atoms with Crippen molar-refractivity contribution in [2.75, 3.05) is 26.4 Å². The Labute approximate surface area is 171 Å². The van der Waals surface area contributed by atoms with E-state index < -0.39 is 0 Å². The standard InChI is InChI=1S/C16H34O.2C3H6.C2H6O2/c1-3-5-7-9-11-13-15-17-16-14-12-10-8-6-4-2;2*1-3-2;3-1-2-4/h3-16H2,1-2H3;2*3H,1H2,2H3;3-4H,1-2H2. The topological polar surface area (TPSA) is 49.7 Å². The molecule has 3 nitrogen and oxygen atoms in total. The first-order chi connectivity index (χ1) is 13.2. The number of ether oxygens (including phenoxy) is 1. The normalized spacial score (nSPS) is 8.96. The Hall–Kier alpha value is -0.640. The molecule has 0 fully saturated rings. The quantitative estimate of drug-likeness (QED) is 0.233. The van der Waals surface area contributed by atoms with Gasteiger partial charge in [0.2, 0.25) is 0 Å². The Morgan fingerprint density at radius 1 is 0.593 bits per heavy atom. The minimum Gasteiger partial charge on any atom is -0.394 e. The Bertz CT molecular complexity index is 196. The third-order valence-corrected chi connectivity index (χ3v) is 3.38. The first-order valence-electron chi connectivity index (χ1n) is 11.1. The lowest BCUT2D eigenvalue weighted by molar-refractivity contribution is 0.125. The molecule has 0 unspecified atom stereocenters. The second-order valence-electron chi connectivity index (χ2n) is 6.41. The van der Waals surface area contributed by atoms with Gasteiger partial charge in [-0.2, -0.15) is 0 Å². The van der Waals surface area contributed by atoms with E-state index in [1.165, 1.54) is 77.0 Å². The molecule has 166 valence electrons. The maximum absolute atomic E-state index is 7.62. The third-order valence-electron chi connectivity index (χ3n) is 3.38. The van der Waals surface area contributed by atoms with E-state index in [9.17, 15) is 0 Å². The number of allylic oxidation sites excluding steroid dienone is 2. The van der Waals surface area contributed by atoms with Crippen molar-refractivity contribution in [3.05, 3.63) is 25.3 Å². The molecule has 0 spiro atoms. The highest BCUT2D eigenvalue weighted by atomic mass is 16.5. The first-order valence-corrected chi connectivity index (χ1v) is 11.1. The summed E-state index contributed by atoms with van der Waals surface area (Å²) in [6.45, 7) is 16.8. The number of aliphatic hydroxyl groups is 2. The smallest absolute Gasteiger partial charge is 0.0662 e. The molecule has 0 aliphatic carbocycles. The summed E-state index contributed by atoms with van der Waals surface area (Å²) >= 11 is 0. The van der Waals surface area contributed by atoms with Gasteiger partial charge in [0, 0.05) is 13.2 Å². The summed E-state index contributed by atoms with van der Waals surface area (Å²) in [6, 6.07) is 0. The fourth-order valence-electron chi connectivity index (χ4n) is 2.07. The summed E-state index contributed by atoms with van der Waals surface area (Å²) in [5, 5.41) is 15.2. The van der Waals surface area contributed by atoms with Crippen LogP contribution in [-0.2, 0) is 4.74 Å². The lowest BCUT2D eigenvalue weighted by Crippen LogP contribution is -1.97. The van der Waals surface area contributed by atoms with Gasteiger partial charge in [0.1, 0.15) is 0 Å². The molecule has 3 heteroatoms. The van der Waals surface area contributed by atoms with E-state index >= 15 is 0 Å². The highest BCUT2D eigenvalue weighted by Gasteiger charge is 1.92. The lowest BCUT2D eigenvalue weighted by atomic mass is 10.1. The van der Waals surface area contributed by atoms with Gasteiger partial charge in [-0.05, 0) is 26.7 Å². The average molecular weight is 389 g/mol. The van der Waals surface area contributed by atoms with Crippen LogP contribution in [0.4, 0.5) is 0 Å². The van der Waals surface area contributed by atoms with Gasteiger partial charge in [-0.1, -0.05) is 90.2 Å². The molecule has 0 aromatic rings. The molecule has 0 amide bonds. The van der Waals surface area contributed by atoms with E-state index in [0.717, 1.165) is 13.2 Å². The van der Waals surface area contributed by atoms with Crippen molar-refractivity contribution in [1.29, 1.82) is 0 Å². The van der Waals surface area contributed by atoms with Gasteiger partial charge in [-0.15, -0.1) is 13.2 Å². The van der Waals surface area contributed by atoms with Gasteiger partial charge in [-0.3, -0.25) is 0 Å². The summed E-state index contributed by atoms with van der Waals surface area (Å²) in [5.74, 6) is 0. The minimum atomic E-state index is -0.125. The van der Waals surface area contributed by atoms with Crippen molar-refractivity contribution in [2.45, 2.75) is 105 Å². The Balaban J connectivity index is -0.000000218. The maximum Gasteiger partial charge on any atom is 0.0662 e. The van der Waals surface area contributed by atoms with E-state index in [1.807, 2.05) is 13.8 Å². The SMILES string of the molecule is C=CC.C=CC.CCCCCCCCOCCCCCCCC.OCCO. The molecule has 0 aromatic carbocycles. The molecule has 0 saturated heterocycles. The molecule has 0 atom stereocenters. The number of hydrogen-bond donors (Lipinski definition) is 2. The number of aliphatic hydroxyl groups excluding tert-OH is 2. The van der Waals surface area contributed by atoms with Gasteiger partial charge in [0.05, 0.1) is 13.2 Å². The summed E-state index contributed by atoms with van der Waals surface area (Å²) in [4.78, 5) is 0. The van der Waals surface area contributed by atoms with Crippen LogP contribution in [0.2, 0.25) is 0 Å². The van der Waals surface area contributed by atoms with Gasteiger partial charge in [0.25, 0.3) is 0 Å². The minimum absolute atomic E-state index is 0.125. The predicted octanol–water partition coefficient (Wildman–Crippen LogP) is 7.08. The van der Waals surface area contributed by atoms with Gasteiger partial charge >= 0.3 is 0 Å². The molecule has 0 saturated carbocycles. The van der Waals surface area contributed by atoms with Crippen LogP contribution in [0.3, 0.4) is 0 Å². The van der Waals surface area contributed by atoms with Gasteiger partial charge < -0.3 is 14.9 Å². The first kappa shape index (κ1) is 33.9. The molecule has 2 N–H and O–H groups in total. The number of hydrogen-bond acceptors (Lipinski definition) is 3. The third kappa shape index (κ3) is 67.1. The second kappa shape index (κ2) is 44.6. The highest BCUT2D eigenvalue weighted by Crippen LogP contribution is 2.06. The zero-order valence-corrected chi connectivity index (χ0v) is 19.2. The van der Waals surface area contributed by atoms with Crippen molar-refractivity contribution in [1.82, 2.24) is 0 Å². The molecule has 0 aromatic heterocycles. The van der Waals surface area contributed by atoms with E-state index in [2.05, 4.69) is 27.0 Å². The predicted molar refractivity (Wildman–Crippen MR) is 123 cm³/mol. The Kier molecular flexibility index (Phi) is 56.1. The summed E-state index contributed by atoms with van der Waals surface area (Å²) < 4.78 is 5.65. The zero-order valence-electron chi connectivity index (χ0n) is 19.2. The zero-order chi connectivity index (χ0) is 21.4. The molecule has 0 radical (unpaired) electrons. The van der Waals surface area contributed by atoms with Crippen LogP contribution in [0.5, 0.6) is 0 Å². The fraction of sp³-hybridized carbons (Fsp3) is 0.833. The van der Waals surface area contributed by atoms with Gasteiger partial charge in [-0.25, -0.2) is 0 Å². The largest absolute Gasteiger partial charge is 0.394 e. The fourth-order valence-corrected chi connectivity index (χ4v) is 2.07. The molecule has 0 bridgehead atoms. The Morgan fingerprint density at radius 3 is 1.11 bits per heavy atom. The molecule has 27 heavy (non-hydrogen) atoms. The second-order valence-corrected chi connectivity index (χ2v) is 6.41. The monoisotopic (exact) mass is 388 g/mol. The van der Waals surface area contributed by atoms with E-state index in [-0.39, 0.29) is 13.2 Å². The van der Waals surface area contributed by atoms with Crippen LogP contribution in [-0.4, -0.2) is 36.6 Å². The molecular weight excluding hydrogens is 336 g/mol. The molecular formula is C24H52O3. The summed E-state index contributed by atoms with van der Waals surface area (Å²) in [5.41, 5.74) is 0.